The molecule has 2 N–H and O–H groups in total. The fourth-order valence-corrected chi connectivity index (χ4v) is 5.55. The monoisotopic (exact) mass is 394 g/mol. The van der Waals surface area contributed by atoms with Crippen molar-refractivity contribution in [3.63, 3.8) is 0 Å². The van der Waals surface area contributed by atoms with E-state index in [1.54, 1.807) is 0 Å². The van der Waals surface area contributed by atoms with Gasteiger partial charge in [-0.2, -0.15) is 30.4 Å². The van der Waals surface area contributed by atoms with Crippen LogP contribution in [0.15, 0.2) is 0 Å². The lowest BCUT2D eigenvalue weighted by Gasteiger charge is -2.43. The second-order valence-corrected chi connectivity index (χ2v) is 8.13. The van der Waals surface area contributed by atoms with Crippen LogP contribution in [0.5, 0.6) is 0 Å². The fourth-order valence-electron chi connectivity index (χ4n) is 4.88. The molecule has 2 aliphatic carbocycles. The average molecular weight is 394 g/mol. The molecule has 3 rings (SSSR count). The first-order chi connectivity index (χ1) is 11.1. The Hall–Kier alpha value is -1.50. The standard InChI is InChI=1S/C12H11F5O7S/c13-11(14,15)9(12(16,17)25(21,22)23)10-1-3-4(2-10)24-8(20)5(3)6(10)7(18)19/h3-6,9H,1-2H2,(H,18,19)(H,21,22,23). The van der Waals surface area contributed by atoms with Gasteiger partial charge < -0.3 is 9.84 Å². The minimum Gasteiger partial charge on any atom is -0.481 e. The molecule has 7 nitrogen and oxygen atoms in total. The maximum absolute atomic E-state index is 14.1. The molecule has 2 bridgehead atoms. The second kappa shape index (κ2) is 4.81. The van der Waals surface area contributed by atoms with Crippen molar-refractivity contribution in [2.75, 3.05) is 0 Å². The van der Waals surface area contributed by atoms with Gasteiger partial charge in [0.1, 0.15) is 12.0 Å². The molecule has 2 saturated carbocycles. The molecule has 3 aliphatic rings. The van der Waals surface area contributed by atoms with Gasteiger partial charge in [-0.15, -0.1) is 0 Å². The average Bonchev–Trinajstić information content (AvgIpc) is 2.91. The van der Waals surface area contributed by atoms with Gasteiger partial charge >= 0.3 is 33.5 Å². The Morgan fingerprint density at radius 3 is 2.24 bits per heavy atom. The van der Waals surface area contributed by atoms with Crippen molar-refractivity contribution in [2.24, 2.45) is 29.1 Å². The summed E-state index contributed by atoms with van der Waals surface area (Å²) in [6.07, 6.45) is -8.67. The van der Waals surface area contributed by atoms with E-state index in [1.165, 1.54) is 0 Å². The van der Waals surface area contributed by atoms with Gasteiger partial charge in [-0.25, -0.2) is 0 Å². The molecule has 142 valence electrons. The number of hydrogen-bond acceptors (Lipinski definition) is 5. The summed E-state index contributed by atoms with van der Waals surface area (Å²) in [7, 11) is -6.50. The van der Waals surface area contributed by atoms with E-state index in [0.29, 0.717) is 0 Å². The molecule has 3 fully saturated rings. The van der Waals surface area contributed by atoms with Crippen molar-refractivity contribution in [3.05, 3.63) is 0 Å². The number of hydrogen-bond donors (Lipinski definition) is 2. The fraction of sp³-hybridized carbons (Fsp3) is 0.833. The van der Waals surface area contributed by atoms with Crippen LogP contribution >= 0.6 is 0 Å². The van der Waals surface area contributed by atoms with Crippen molar-refractivity contribution in [2.45, 2.75) is 30.4 Å². The first-order valence-electron chi connectivity index (χ1n) is 6.99. The molecule has 0 aromatic heterocycles. The summed E-state index contributed by atoms with van der Waals surface area (Å²) in [6.45, 7) is 0. The zero-order valence-electron chi connectivity index (χ0n) is 12.0. The zero-order chi connectivity index (χ0) is 19.2. The number of aliphatic carboxylic acids is 1. The lowest BCUT2D eigenvalue weighted by molar-refractivity contribution is -0.261. The van der Waals surface area contributed by atoms with Crippen molar-refractivity contribution in [1.29, 1.82) is 0 Å². The normalized spacial score (nSPS) is 38.7. The Morgan fingerprint density at radius 2 is 1.80 bits per heavy atom. The van der Waals surface area contributed by atoms with Gasteiger partial charge in [-0.1, -0.05) is 0 Å². The van der Waals surface area contributed by atoms with Crippen molar-refractivity contribution >= 4 is 22.1 Å². The third kappa shape index (κ3) is 2.20. The van der Waals surface area contributed by atoms with Gasteiger partial charge in [0.2, 0.25) is 0 Å². The number of fused-ring (bicyclic) bond motifs is 1. The van der Waals surface area contributed by atoms with E-state index in [9.17, 15) is 45.1 Å². The summed E-state index contributed by atoms with van der Waals surface area (Å²) in [5.74, 6) is -11.8. The maximum Gasteiger partial charge on any atom is 0.399 e. The number of ether oxygens (including phenoxy) is 1. The van der Waals surface area contributed by atoms with Crippen LogP contribution < -0.4 is 0 Å². The minimum atomic E-state index is -6.50. The largest absolute Gasteiger partial charge is 0.481 e. The van der Waals surface area contributed by atoms with Gasteiger partial charge in [0.15, 0.2) is 0 Å². The second-order valence-electron chi connectivity index (χ2n) is 6.63. The Labute approximate surface area is 136 Å². The van der Waals surface area contributed by atoms with Crippen LogP contribution in [-0.2, 0) is 24.4 Å². The number of halogens is 5. The molecule has 1 saturated heterocycles. The molecule has 25 heavy (non-hydrogen) atoms. The highest BCUT2D eigenvalue weighted by molar-refractivity contribution is 7.86. The lowest BCUT2D eigenvalue weighted by Crippen LogP contribution is -2.57. The highest BCUT2D eigenvalue weighted by Crippen LogP contribution is 2.71. The molecule has 6 unspecified atom stereocenters. The minimum absolute atomic E-state index is 0.764. The number of carboxylic acids is 1. The van der Waals surface area contributed by atoms with E-state index in [4.69, 9.17) is 9.29 Å². The van der Waals surface area contributed by atoms with Crippen LogP contribution in [0.2, 0.25) is 0 Å². The molecule has 13 heteroatoms. The van der Waals surface area contributed by atoms with E-state index < -0.39 is 81.5 Å². The Balaban J connectivity index is 2.23. The molecule has 1 heterocycles. The number of esters is 1. The van der Waals surface area contributed by atoms with E-state index >= 15 is 0 Å². The topological polar surface area (TPSA) is 118 Å². The molecule has 0 spiro atoms. The van der Waals surface area contributed by atoms with Crippen molar-refractivity contribution < 1.29 is 54.4 Å². The van der Waals surface area contributed by atoms with E-state index in [1.807, 2.05) is 0 Å². The van der Waals surface area contributed by atoms with Gasteiger partial charge in [0.25, 0.3) is 0 Å². The molecule has 0 aromatic rings. The molecule has 0 amide bonds. The van der Waals surface area contributed by atoms with E-state index in [-0.39, 0.29) is 0 Å². The number of carbonyl (C=O) groups excluding carboxylic acids is 1. The third-order valence-corrected chi connectivity index (χ3v) is 6.43. The van der Waals surface area contributed by atoms with Crippen molar-refractivity contribution in [1.82, 2.24) is 0 Å². The van der Waals surface area contributed by atoms with Crippen LogP contribution in [0.1, 0.15) is 12.8 Å². The van der Waals surface area contributed by atoms with Gasteiger partial charge in [0, 0.05) is 11.3 Å². The first kappa shape index (κ1) is 18.3. The molecule has 6 atom stereocenters. The Bertz CT molecular complexity index is 743. The summed E-state index contributed by atoms with van der Waals surface area (Å²) in [6, 6.07) is 0. The molecule has 0 radical (unpaired) electrons. The van der Waals surface area contributed by atoms with Gasteiger partial charge in [0.05, 0.1) is 11.8 Å². The highest BCUT2D eigenvalue weighted by Gasteiger charge is 2.81. The summed E-state index contributed by atoms with van der Waals surface area (Å²) < 4.78 is 104. The van der Waals surface area contributed by atoms with Crippen LogP contribution in [0.25, 0.3) is 0 Å². The number of rotatable bonds is 4. The summed E-state index contributed by atoms with van der Waals surface area (Å²) in [5.41, 5.74) is -2.78. The third-order valence-electron chi connectivity index (χ3n) is 5.50. The smallest absolute Gasteiger partial charge is 0.399 e. The van der Waals surface area contributed by atoms with Crippen LogP contribution in [0, 0.1) is 29.1 Å². The van der Waals surface area contributed by atoms with Crippen LogP contribution in [0.4, 0.5) is 22.0 Å². The Morgan fingerprint density at radius 1 is 1.24 bits per heavy atom. The summed E-state index contributed by atoms with van der Waals surface area (Å²) in [4.78, 5) is 23.3. The highest BCUT2D eigenvalue weighted by atomic mass is 32.2. The van der Waals surface area contributed by atoms with Crippen LogP contribution in [0.3, 0.4) is 0 Å². The molecular weight excluding hydrogens is 383 g/mol. The predicted octanol–water partition coefficient (Wildman–Crippen LogP) is 1.30. The van der Waals surface area contributed by atoms with E-state index in [0.717, 1.165) is 0 Å². The molecular formula is C12H11F5O7S. The van der Waals surface area contributed by atoms with Gasteiger partial charge in [-0.05, 0) is 12.8 Å². The Kier molecular flexibility index (Phi) is 3.52. The number of alkyl halides is 5. The zero-order valence-corrected chi connectivity index (χ0v) is 12.9. The quantitative estimate of drug-likeness (QED) is 0.419. The molecule has 1 aliphatic heterocycles. The van der Waals surface area contributed by atoms with Crippen molar-refractivity contribution in [3.8, 4) is 0 Å². The lowest BCUT2D eigenvalue weighted by atomic mass is 9.63. The predicted molar refractivity (Wildman–Crippen MR) is 65.7 cm³/mol. The summed E-state index contributed by atoms with van der Waals surface area (Å²) in [5, 5.41) is 3.61. The number of carboxylic acid groups (broad SMARTS) is 1. The van der Waals surface area contributed by atoms with Gasteiger partial charge in [-0.3, -0.25) is 14.1 Å². The van der Waals surface area contributed by atoms with E-state index in [2.05, 4.69) is 0 Å². The summed E-state index contributed by atoms with van der Waals surface area (Å²) >= 11 is 0. The number of carbonyl (C=O) groups is 2. The maximum atomic E-state index is 14.1. The molecule has 0 aromatic carbocycles. The first-order valence-corrected chi connectivity index (χ1v) is 8.43. The SMILES string of the molecule is O=C1OC2CC3(C(C(F)(F)F)C(F)(F)S(=O)(=O)O)CC2C1C3C(=O)O. The van der Waals surface area contributed by atoms with Crippen LogP contribution in [-0.4, -0.2) is 47.6 Å².